The van der Waals surface area contributed by atoms with Gasteiger partial charge in [-0.15, -0.1) is 0 Å². The van der Waals surface area contributed by atoms with E-state index in [-0.39, 0.29) is 11.9 Å². The van der Waals surface area contributed by atoms with Crippen molar-refractivity contribution >= 4 is 22.8 Å². The minimum absolute atomic E-state index is 0.160. The highest BCUT2D eigenvalue weighted by atomic mass is 16.5. The fraction of sp³-hybridized carbons (Fsp3) is 0.375. The van der Waals surface area contributed by atoms with E-state index >= 15 is 0 Å². The van der Waals surface area contributed by atoms with Crippen LogP contribution in [0.15, 0.2) is 24.3 Å². The highest BCUT2D eigenvalue weighted by Crippen LogP contribution is 2.16. The molecule has 0 saturated heterocycles. The molecule has 21 heavy (non-hydrogen) atoms. The number of hydrogen-bond donors (Lipinski definition) is 2. The first kappa shape index (κ1) is 15.1. The van der Waals surface area contributed by atoms with Gasteiger partial charge < -0.3 is 15.0 Å². The Balaban J connectivity index is 1.86. The number of aromatic amines is 1. The van der Waals surface area contributed by atoms with Crippen LogP contribution in [0.25, 0.3) is 10.9 Å². The molecule has 1 aromatic heterocycles. The summed E-state index contributed by atoms with van der Waals surface area (Å²) in [6.45, 7) is 4.62. The highest BCUT2D eigenvalue weighted by Gasteiger charge is 2.09. The van der Waals surface area contributed by atoms with E-state index in [9.17, 15) is 9.59 Å². The quantitative estimate of drug-likeness (QED) is 0.634. The Morgan fingerprint density at radius 2 is 2.10 bits per heavy atom. The van der Waals surface area contributed by atoms with Crippen molar-refractivity contribution in [3.05, 3.63) is 35.5 Å². The van der Waals surface area contributed by atoms with E-state index in [0.717, 1.165) is 16.5 Å². The van der Waals surface area contributed by atoms with E-state index in [0.29, 0.717) is 31.7 Å². The molecule has 0 atom stereocenters. The number of amides is 1. The van der Waals surface area contributed by atoms with Gasteiger partial charge in [0.05, 0.1) is 6.61 Å². The largest absolute Gasteiger partial charge is 0.466 e. The van der Waals surface area contributed by atoms with Gasteiger partial charge in [0.25, 0.3) is 5.91 Å². The number of aryl methyl sites for hydroxylation is 1. The molecule has 0 aliphatic heterocycles. The molecule has 0 bridgehead atoms. The average molecular weight is 288 g/mol. The van der Waals surface area contributed by atoms with Crippen molar-refractivity contribution in [1.29, 1.82) is 0 Å². The maximum atomic E-state index is 12.0. The van der Waals surface area contributed by atoms with Crippen LogP contribution in [-0.4, -0.2) is 30.0 Å². The summed E-state index contributed by atoms with van der Waals surface area (Å²) >= 11 is 0. The highest BCUT2D eigenvalue weighted by molar-refractivity contribution is 5.98. The molecule has 5 heteroatoms. The van der Waals surface area contributed by atoms with Crippen LogP contribution < -0.4 is 5.32 Å². The van der Waals surface area contributed by atoms with Crippen molar-refractivity contribution < 1.29 is 14.3 Å². The van der Waals surface area contributed by atoms with Crippen LogP contribution >= 0.6 is 0 Å². The van der Waals surface area contributed by atoms with E-state index in [1.54, 1.807) is 6.92 Å². The smallest absolute Gasteiger partial charge is 0.305 e. The summed E-state index contributed by atoms with van der Waals surface area (Å²) in [5.41, 5.74) is 2.63. The Kier molecular flexibility index (Phi) is 4.98. The van der Waals surface area contributed by atoms with Gasteiger partial charge in [-0.1, -0.05) is 12.1 Å². The molecule has 0 saturated carbocycles. The Labute approximate surface area is 123 Å². The van der Waals surface area contributed by atoms with Gasteiger partial charge in [0.2, 0.25) is 0 Å². The molecular weight excluding hydrogens is 268 g/mol. The van der Waals surface area contributed by atoms with Crippen molar-refractivity contribution in [2.24, 2.45) is 0 Å². The lowest BCUT2D eigenvalue weighted by Gasteiger charge is -2.03. The molecule has 0 aliphatic carbocycles. The molecule has 112 valence electrons. The molecule has 1 amide bonds. The SMILES string of the molecule is CCOC(=O)CCCNC(=O)c1cc2ccc(C)cc2[nH]1. The summed E-state index contributed by atoms with van der Waals surface area (Å²) in [5, 5.41) is 3.81. The number of carbonyl (C=O) groups is 2. The van der Waals surface area contributed by atoms with Crippen LogP contribution in [0.4, 0.5) is 0 Å². The number of esters is 1. The first-order chi connectivity index (χ1) is 10.1. The van der Waals surface area contributed by atoms with E-state index < -0.39 is 0 Å². The zero-order chi connectivity index (χ0) is 15.2. The van der Waals surface area contributed by atoms with Crippen molar-refractivity contribution in [1.82, 2.24) is 10.3 Å². The molecule has 5 nitrogen and oxygen atoms in total. The van der Waals surface area contributed by atoms with Crippen LogP contribution in [0.2, 0.25) is 0 Å². The third kappa shape index (κ3) is 4.08. The number of carbonyl (C=O) groups excluding carboxylic acids is 2. The van der Waals surface area contributed by atoms with Crippen molar-refractivity contribution in [3.8, 4) is 0 Å². The van der Waals surface area contributed by atoms with Gasteiger partial charge in [-0.2, -0.15) is 0 Å². The average Bonchev–Trinajstić information content (AvgIpc) is 2.86. The second-order valence-corrected chi connectivity index (χ2v) is 4.94. The van der Waals surface area contributed by atoms with Gasteiger partial charge in [0.1, 0.15) is 5.69 Å². The Bertz CT molecular complexity index is 646. The van der Waals surface area contributed by atoms with E-state index in [1.165, 1.54) is 0 Å². The van der Waals surface area contributed by atoms with Crippen LogP contribution in [0.5, 0.6) is 0 Å². The fourth-order valence-corrected chi connectivity index (χ4v) is 2.13. The van der Waals surface area contributed by atoms with Crippen molar-refractivity contribution in [3.63, 3.8) is 0 Å². The van der Waals surface area contributed by atoms with Crippen molar-refractivity contribution in [2.45, 2.75) is 26.7 Å². The molecule has 0 unspecified atom stereocenters. The zero-order valence-electron chi connectivity index (χ0n) is 12.4. The van der Waals surface area contributed by atoms with Crippen LogP contribution in [-0.2, 0) is 9.53 Å². The maximum absolute atomic E-state index is 12.0. The molecule has 2 N–H and O–H groups in total. The molecule has 2 aromatic rings. The van der Waals surface area contributed by atoms with Crippen LogP contribution in [0.1, 0.15) is 35.8 Å². The van der Waals surface area contributed by atoms with Gasteiger partial charge in [0, 0.05) is 23.9 Å². The number of aromatic nitrogens is 1. The van der Waals surface area contributed by atoms with Gasteiger partial charge in [-0.05, 0) is 38.0 Å². The third-order valence-corrected chi connectivity index (χ3v) is 3.17. The fourth-order valence-electron chi connectivity index (χ4n) is 2.13. The number of ether oxygens (including phenoxy) is 1. The second kappa shape index (κ2) is 6.92. The number of hydrogen-bond acceptors (Lipinski definition) is 3. The van der Waals surface area contributed by atoms with Crippen molar-refractivity contribution in [2.75, 3.05) is 13.2 Å². The first-order valence-corrected chi connectivity index (χ1v) is 7.13. The molecular formula is C16H20N2O3. The van der Waals surface area contributed by atoms with Gasteiger partial charge in [0.15, 0.2) is 0 Å². The molecule has 1 aromatic carbocycles. The summed E-state index contributed by atoms with van der Waals surface area (Å²) in [5.74, 6) is -0.388. The molecule has 0 aliphatic rings. The summed E-state index contributed by atoms with van der Waals surface area (Å²) in [4.78, 5) is 26.3. The lowest BCUT2D eigenvalue weighted by Crippen LogP contribution is -2.25. The number of benzene rings is 1. The normalized spacial score (nSPS) is 10.6. The van der Waals surface area contributed by atoms with Gasteiger partial charge in [-0.3, -0.25) is 9.59 Å². The maximum Gasteiger partial charge on any atom is 0.305 e. The zero-order valence-corrected chi connectivity index (χ0v) is 12.4. The molecule has 0 radical (unpaired) electrons. The Hall–Kier alpha value is -2.30. The van der Waals surface area contributed by atoms with Gasteiger partial charge >= 0.3 is 5.97 Å². The van der Waals surface area contributed by atoms with E-state index in [2.05, 4.69) is 10.3 Å². The Morgan fingerprint density at radius 3 is 2.86 bits per heavy atom. The lowest BCUT2D eigenvalue weighted by molar-refractivity contribution is -0.143. The molecule has 0 spiro atoms. The predicted molar refractivity (Wildman–Crippen MR) is 81.2 cm³/mol. The predicted octanol–water partition coefficient (Wildman–Crippen LogP) is 2.55. The van der Waals surface area contributed by atoms with E-state index in [1.807, 2.05) is 31.2 Å². The summed E-state index contributed by atoms with van der Waals surface area (Å²) in [7, 11) is 0. The first-order valence-electron chi connectivity index (χ1n) is 7.13. The minimum Gasteiger partial charge on any atom is -0.466 e. The topological polar surface area (TPSA) is 71.2 Å². The number of rotatable bonds is 6. The van der Waals surface area contributed by atoms with Crippen LogP contribution in [0, 0.1) is 6.92 Å². The molecule has 2 rings (SSSR count). The molecule has 1 heterocycles. The Morgan fingerprint density at radius 1 is 1.29 bits per heavy atom. The standard InChI is InChI=1S/C16H20N2O3/c1-3-21-15(19)5-4-8-17-16(20)14-10-12-7-6-11(2)9-13(12)18-14/h6-7,9-10,18H,3-5,8H2,1-2H3,(H,17,20). The second-order valence-electron chi connectivity index (χ2n) is 4.94. The minimum atomic E-state index is -0.229. The molecule has 0 fully saturated rings. The summed E-state index contributed by atoms with van der Waals surface area (Å²) < 4.78 is 4.83. The summed E-state index contributed by atoms with van der Waals surface area (Å²) in [6, 6.07) is 7.83. The summed E-state index contributed by atoms with van der Waals surface area (Å²) in [6.07, 6.45) is 0.893. The number of nitrogens with one attached hydrogen (secondary N) is 2. The lowest BCUT2D eigenvalue weighted by atomic mass is 10.2. The van der Waals surface area contributed by atoms with Crippen LogP contribution in [0.3, 0.4) is 0 Å². The number of H-pyrrole nitrogens is 1. The monoisotopic (exact) mass is 288 g/mol. The third-order valence-electron chi connectivity index (χ3n) is 3.17. The van der Waals surface area contributed by atoms with E-state index in [4.69, 9.17) is 4.74 Å². The number of fused-ring (bicyclic) bond motifs is 1. The van der Waals surface area contributed by atoms with Gasteiger partial charge in [-0.25, -0.2) is 0 Å².